The summed E-state index contributed by atoms with van der Waals surface area (Å²) in [4.78, 5) is 11.5. The zero-order chi connectivity index (χ0) is 7.78. The lowest BCUT2D eigenvalue weighted by atomic mass is 9.80. The van der Waals surface area contributed by atoms with Crippen molar-refractivity contribution < 1.29 is 4.79 Å². The van der Waals surface area contributed by atoms with Crippen molar-refractivity contribution in [2.75, 3.05) is 0 Å². The van der Waals surface area contributed by atoms with E-state index in [2.05, 4.69) is 15.9 Å². The SMILES string of the molecule is CC1(C)CC(Br)C=CC1=O. The number of carbonyl (C=O) groups is 1. The van der Waals surface area contributed by atoms with Crippen molar-refractivity contribution in [3.05, 3.63) is 12.2 Å². The molecule has 0 amide bonds. The van der Waals surface area contributed by atoms with Gasteiger partial charge in [-0.05, 0) is 12.5 Å². The summed E-state index contributed by atoms with van der Waals surface area (Å²) < 4.78 is 0. The van der Waals surface area contributed by atoms with Crippen molar-refractivity contribution in [3.8, 4) is 0 Å². The van der Waals surface area contributed by atoms with E-state index in [1.165, 1.54) is 0 Å². The molecule has 0 aromatic rings. The number of rotatable bonds is 0. The van der Waals surface area contributed by atoms with Crippen LogP contribution in [-0.4, -0.2) is 10.6 Å². The first-order valence-electron chi connectivity index (χ1n) is 3.39. The molecule has 0 aromatic heterocycles. The highest BCUT2D eigenvalue weighted by molar-refractivity contribution is 9.09. The molecular formula is C8H11BrO. The van der Waals surface area contributed by atoms with Gasteiger partial charge < -0.3 is 0 Å². The Kier molecular flexibility index (Phi) is 1.99. The van der Waals surface area contributed by atoms with Crippen LogP contribution in [-0.2, 0) is 4.79 Å². The zero-order valence-electron chi connectivity index (χ0n) is 6.23. The van der Waals surface area contributed by atoms with Crippen molar-refractivity contribution in [2.24, 2.45) is 5.41 Å². The highest BCUT2D eigenvalue weighted by Gasteiger charge is 2.30. The van der Waals surface area contributed by atoms with Crippen molar-refractivity contribution in [3.63, 3.8) is 0 Å². The minimum absolute atomic E-state index is 0.164. The number of halogens is 1. The van der Waals surface area contributed by atoms with Gasteiger partial charge in [0.1, 0.15) is 0 Å². The number of allylic oxidation sites excluding steroid dienone is 2. The first-order valence-corrected chi connectivity index (χ1v) is 4.31. The van der Waals surface area contributed by atoms with E-state index in [1.54, 1.807) is 6.08 Å². The quantitative estimate of drug-likeness (QED) is 0.552. The van der Waals surface area contributed by atoms with Crippen LogP contribution in [0.4, 0.5) is 0 Å². The minimum atomic E-state index is -0.164. The molecule has 0 N–H and O–H groups in total. The van der Waals surface area contributed by atoms with Crippen LogP contribution >= 0.6 is 15.9 Å². The Morgan fingerprint density at radius 1 is 1.70 bits per heavy atom. The van der Waals surface area contributed by atoms with Gasteiger partial charge >= 0.3 is 0 Å². The van der Waals surface area contributed by atoms with Gasteiger partial charge in [0.15, 0.2) is 5.78 Å². The van der Waals surface area contributed by atoms with Gasteiger partial charge in [-0.2, -0.15) is 0 Å². The van der Waals surface area contributed by atoms with E-state index >= 15 is 0 Å². The van der Waals surface area contributed by atoms with Crippen LogP contribution in [0.15, 0.2) is 12.2 Å². The van der Waals surface area contributed by atoms with Crippen molar-refractivity contribution in [1.29, 1.82) is 0 Å². The normalized spacial score (nSPS) is 30.7. The van der Waals surface area contributed by atoms with Crippen LogP contribution in [0.5, 0.6) is 0 Å². The molecule has 1 nitrogen and oxygen atoms in total. The molecule has 0 aliphatic heterocycles. The topological polar surface area (TPSA) is 17.1 Å². The van der Waals surface area contributed by atoms with Gasteiger partial charge in [-0.15, -0.1) is 0 Å². The van der Waals surface area contributed by atoms with Crippen LogP contribution in [0.3, 0.4) is 0 Å². The second-order valence-corrected chi connectivity index (χ2v) is 4.50. The fourth-order valence-corrected chi connectivity index (χ4v) is 2.04. The number of ketones is 1. The fraction of sp³-hybridized carbons (Fsp3) is 0.625. The van der Waals surface area contributed by atoms with Gasteiger partial charge in [0.25, 0.3) is 0 Å². The molecule has 0 heterocycles. The van der Waals surface area contributed by atoms with Gasteiger partial charge in [-0.3, -0.25) is 4.79 Å². The highest BCUT2D eigenvalue weighted by atomic mass is 79.9. The molecule has 1 unspecified atom stereocenters. The van der Waals surface area contributed by atoms with E-state index in [-0.39, 0.29) is 11.2 Å². The second-order valence-electron chi connectivity index (χ2n) is 3.33. The third-order valence-electron chi connectivity index (χ3n) is 1.83. The molecule has 0 spiro atoms. The van der Waals surface area contributed by atoms with Gasteiger partial charge in [0, 0.05) is 10.2 Å². The largest absolute Gasteiger partial charge is 0.294 e. The maximum atomic E-state index is 11.2. The molecule has 2 heteroatoms. The maximum absolute atomic E-state index is 11.2. The number of carbonyl (C=O) groups excluding carboxylic acids is 1. The molecule has 1 atom stereocenters. The summed E-state index contributed by atoms with van der Waals surface area (Å²) in [5, 5.41) is 0. The Balaban J connectivity index is 2.82. The lowest BCUT2D eigenvalue weighted by Gasteiger charge is -2.26. The summed E-state index contributed by atoms with van der Waals surface area (Å²) in [6.45, 7) is 3.96. The Labute approximate surface area is 69.6 Å². The smallest absolute Gasteiger partial charge is 0.161 e. The van der Waals surface area contributed by atoms with E-state index in [9.17, 15) is 4.79 Å². The average Bonchev–Trinajstić information content (AvgIpc) is 1.78. The molecule has 1 rings (SSSR count). The van der Waals surface area contributed by atoms with Crippen molar-refractivity contribution >= 4 is 21.7 Å². The Bertz CT molecular complexity index is 182. The van der Waals surface area contributed by atoms with E-state index in [0.29, 0.717) is 4.83 Å². The van der Waals surface area contributed by atoms with E-state index in [4.69, 9.17) is 0 Å². The molecule has 0 radical (unpaired) electrons. The van der Waals surface area contributed by atoms with Gasteiger partial charge in [0.05, 0.1) is 0 Å². The summed E-state index contributed by atoms with van der Waals surface area (Å²) in [5.41, 5.74) is -0.164. The predicted molar refractivity (Wildman–Crippen MR) is 45.3 cm³/mol. The van der Waals surface area contributed by atoms with Gasteiger partial charge in [-0.1, -0.05) is 35.9 Å². The van der Waals surface area contributed by atoms with Crippen LogP contribution in [0.2, 0.25) is 0 Å². The molecule has 10 heavy (non-hydrogen) atoms. The molecule has 0 bridgehead atoms. The lowest BCUT2D eigenvalue weighted by Crippen LogP contribution is -2.28. The molecule has 1 aliphatic rings. The lowest BCUT2D eigenvalue weighted by molar-refractivity contribution is -0.122. The maximum Gasteiger partial charge on any atom is 0.161 e. The van der Waals surface area contributed by atoms with Crippen molar-refractivity contribution in [2.45, 2.75) is 25.1 Å². The van der Waals surface area contributed by atoms with E-state index < -0.39 is 0 Å². The molecule has 0 aromatic carbocycles. The standard InChI is InChI=1S/C8H11BrO/c1-8(2)5-6(9)3-4-7(8)10/h3-4,6H,5H2,1-2H3. The molecular weight excluding hydrogens is 192 g/mol. The molecule has 0 saturated heterocycles. The van der Waals surface area contributed by atoms with E-state index in [0.717, 1.165) is 6.42 Å². The van der Waals surface area contributed by atoms with E-state index in [1.807, 2.05) is 19.9 Å². The van der Waals surface area contributed by atoms with Crippen LogP contribution in [0, 0.1) is 5.41 Å². The Morgan fingerprint density at radius 3 is 2.70 bits per heavy atom. The van der Waals surface area contributed by atoms with Crippen molar-refractivity contribution in [1.82, 2.24) is 0 Å². The summed E-state index contributed by atoms with van der Waals surface area (Å²) in [6, 6.07) is 0. The van der Waals surface area contributed by atoms with Gasteiger partial charge in [0.2, 0.25) is 0 Å². The number of hydrogen-bond donors (Lipinski definition) is 0. The average molecular weight is 203 g/mol. The van der Waals surface area contributed by atoms with Crippen LogP contribution in [0.25, 0.3) is 0 Å². The number of hydrogen-bond acceptors (Lipinski definition) is 1. The third kappa shape index (κ3) is 1.48. The highest BCUT2D eigenvalue weighted by Crippen LogP contribution is 2.31. The number of alkyl halides is 1. The monoisotopic (exact) mass is 202 g/mol. The summed E-state index contributed by atoms with van der Waals surface area (Å²) in [7, 11) is 0. The van der Waals surface area contributed by atoms with Crippen LogP contribution < -0.4 is 0 Å². The molecule has 56 valence electrons. The molecule has 1 aliphatic carbocycles. The Morgan fingerprint density at radius 2 is 2.30 bits per heavy atom. The fourth-order valence-electron chi connectivity index (χ4n) is 1.07. The zero-order valence-corrected chi connectivity index (χ0v) is 7.81. The third-order valence-corrected chi connectivity index (χ3v) is 2.46. The summed E-state index contributed by atoms with van der Waals surface area (Å²) >= 11 is 3.45. The van der Waals surface area contributed by atoms with Gasteiger partial charge in [-0.25, -0.2) is 0 Å². The Hall–Kier alpha value is -0.110. The predicted octanol–water partition coefficient (Wildman–Crippen LogP) is 2.31. The summed E-state index contributed by atoms with van der Waals surface area (Å²) in [5.74, 6) is 0.239. The first-order chi connectivity index (χ1) is 4.52. The second kappa shape index (κ2) is 2.50. The summed E-state index contributed by atoms with van der Waals surface area (Å²) in [6.07, 6.45) is 4.48. The first kappa shape index (κ1) is 7.99. The molecule has 0 saturated carbocycles. The minimum Gasteiger partial charge on any atom is -0.294 e. The van der Waals surface area contributed by atoms with Crippen LogP contribution in [0.1, 0.15) is 20.3 Å². The molecule has 0 fully saturated rings.